The van der Waals surface area contributed by atoms with Gasteiger partial charge in [0.25, 0.3) is 0 Å². The summed E-state index contributed by atoms with van der Waals surface area (Å²) in [6.45, 7) is 5.88. The Morgan fingerprint density at radius 1 is 1.24 bits per heavy atom. The van der Waals surface area contributed by atoms with E-state index in [9.17, 15) is 4.39 Å². The number of halogens is 1. The Hall–Kier alpha value is -3.00. The second kappa shape index (κ2) is 10.5. The van der Waals surface area contributed by atoms with Gasteiger partial charge in [0.1, 0.15) is 5.75 Å². The number of nitrogens with zero attached hydrogens (tertiary/aromatic N) is 3. The van der Waals surface area contributed by atoms with Gasteiger partial charge in [0.15, 0.2) is 17.5 Å². The van der Waals surface area contributed by atoms with E-state index in [0.29, 0.717) is 18.3 Å². The molecule has 3 aromatic rings. The van der Waals surface area contributed by atoms with Crippen molar-refractivity contribution in [2.24, 2.45) is 4.99 Å². The molecule has 0 atom stereocenters. The topological polar surface area (TPSA) is 71.4 Å². The van der Waals surface area contributed by atoms with Crippen molar-refractivity contribution in [2.75, 3.05) is 13.1 Å². The largest absolute Gasteiger partial charge is 0.453 e. The highest BCUT2D eigenvalue weighted by Crippen LogP contribution is 2.24. The minimum atomic E-state index is -0.432. The van der Waals surface area contributed by atoms with E-state index in [1.165, 1.54) is 10.9 Å². The van der Waals surface area contributed by atoms with Crippen LogP contribution < -0.4 is 15.4 Å². The normalized spacial score (nSPS) is 11.3. The molecule has 0 aliphatic carbocycles. The minimum Gasteiger partial charge on any atom is -0.453 e. The number of nitrogens with one attached hydrogen (secondary N) is 2. The zero-order chi connectivity index (χ0) is 20.5. The average molecular weight is 414 g/mol. The summed E-state index contributed by atoms with van der Waals surface area (Å²) in [5.41, 5.74) is 0.758. The molecule has 3 rings (SSSR count). The third-order valence-corrected chi connectivity index (χ3v) is 4.90. The number of guanidine groups is 1. The summed E-state index contributed by atoms with van der Waals surface area (Å²) in [5.74, 6) is 0.913. The average Bonchev–Trinajstić information content (AvgIpc) is 3.14. The van der Waals surface area contributed by atoms with Crippen LogP contribution >= 0.6 is 11.3 Å². The van der Waals surface area contributed by atoms with Gasteiger partial charge < -0.3 is 15.4 Å². The van der Waals surface area contributed by atoms with Gasteiger partial charge in [-0.2, -0.15) is 0 Å². The summed E-state index contributed by atoms with van der Waals surface area (Å²) < 4.78 is 19.9. The van der Waals surface area contributed by atoms with Gasteiger partial charge in [-0.15, -0.1) is 11.3 Å². The second-order valence-electron chi connectivity index (χ2n) is 6.29. The van der Waals surface area contributed by atoms with Crippen molar-refractivity contribution in [3.63, 3.8) is 0 Å². The zero-order valence-corrected chi connectivity index (χ0v) is 17.3. The van der Waals surface area contributed by atoms with E-state index in [1.54, 1.807) is 48.0 Å². The van der Waals surface area contributed by atoms with Gasteiger partial charge in [0.2, 0.25) is 0 Å². The van der Waals surface area contributed by atoms with Crippen LogP contribution in [0, 0.1) is 12.7 Å². The molecule has 2 aromatic heterocycles. The first-order valence-corrected chi connectivity index (χ1v) is 10.3. The molecule has 0 fully saturated rings. The predicted molar refractivity (Wildman–Crippen MR) is 114 cm³/mol. The van der Waals surface area contributed by atoms with E-state index in [4.69, 9.17) is 4.74 Å². The highest BCUT2D eigenvalue weighted by molar-refractivity contribution is 7.11. The number of pyridine rings is 1. The molecule has 8 heteroatoms. The van der Waals surface area contributed by atoms with Crippen LogP contribution in [0.2, 0.25) is 0 Å². The number of aryl methyl sites for hydroxylation is 1. The highest BCUT2D eigenvalue weighted by Gasteiger charge is 2.07. The monoisotopic (exact) mass is 413 g/mol. The van der Waals surface area contributed by atoms with Gasteiger partial charge in [0, 0.05) is 36.8 Å². The summed E-state index contributed by atoms with van der Waals surface area (Å²) in [4.78, 5) is 14.1. The van der Waals surface area contributed by atoms with E-state index < -0.39 is 5.82 Å². The molecule has 0 aliphatic rings. The maximum atomic E-state index is 14.4. The number of thiazole rings is 1. The molecule has 152 valence electrons. The molecule has 0 bridgehead atoms. The lowest BCUT2D eigenvalue weighted by Gasteiger charge is -2.11. The Kier molecular flexibility index (Phi) is 7.52. The Bertz CT molecular complexity index is 945. The van der Waals surface area contributed by atoms with Crippen molar-refractivity contribution in [1.29, 1.82) is 0 Å². The SMILES string of the molecule is CCNC(=NCc1ccc(Oc2cccnc2)c(F)c1)NCCc1ncc(C)s1. The number of hydrogen-bond acceptors (Lipinski definition) is 5. The number of ether oxygens (including phenoxy) is 1. The van der Waals surface area contributed by atoms with Crippen molar-refractivity contribution in [2.45, 2.75) is 26.8 Å². The first kappa shape index (κ1) is 20.7. The fourth-order valence-corrected chi connectivity index (χ4v) is 3.36. The van der Waals surface area contributed by atoms with Crippen LogP contribution in [0.1, 0.15) is 22.4 Å². The van der Waals surface area contributed by atoms with E-state index >= 15 is 0 Å². The van der Waals surface area contributed by atoms with Crippen molar-refractivity contribution in [1.82, 2.24) is 20.6 Å². The van der Waals surface area contributed by atoms with E-state index in [0.717, 1.165) is 30.1 Å². The Labute approximate surface area is 173 Å². The van der Waals surface area contributed by atoms with Crippen LogP contribution in [-0.4, -0.2) is 29.0 Å². The van der Waals surface area contributed by atoms with Gasteiger partial charge in [-0.3, -0.25) is 4.98 Å². The first-order valence-electron chi connectivity index (χ1n) is 9.44. The summed E-state index contributed by atoms with van der Waals surface area (Å²) in [6.07, 6.45) is 5.89. The molecule has 2 N–H and O–H groups in total. The van der Waals surface area contributed by atoms with Crippen LogP contribution in [0.15, 0.2) is 53.9 Å². The Balaban J connectivity index is 1.57. The van der Waals surface area contributed by atoms with Gasteiger partial charge in [-0.1, -0.05) is 6.07 Å². The number of hydrogen-bond donors (Lipinski definition) is 2. The maximum absolute atomic E-state index is 14.4. The van der Waals surface area contributed by atoms with Crippen molar-refractivity contribution >= 4 is 17.3 Å². The molecular weight excluding hydrogens is 389 g/mol. The van der Waals surface area contributed by atoms with Gasteiger partial charge in [-0.25, -0.2) is 14.4 Å². The number of benzene rings is 1. The maximum Gasteiger partial charge on any atom is 0.191 e. The fraction of sp³-hybridized carbons (Fsp3) is 0.286. The lowest BCUT2D eigenvalue weighted by Crippen LogP contribution is -2.38. The van der Waals surface area contributed by atoms with Gasteiger partial charge >= 0.3 is 0 Å². The second-order valence-corrected chi connectivity index (χ2v) is 7.61. The molecule has 0 aliphatic heterocycles. The fourth-order valence-electron chi connectivity index (χ4n) is 2.58. The molecule has 0 unspecified atom stereocenters. The molecule has 0 amide bonds. The van der Waals surface area contributed by atoms with Crippen molar-refractivity contribution < 1.29 is 9.13 Å². The quantitative estimate of drug-likeness (QED) is 0.430. The molecule has 0 radical (unpaired) electrons. The third kappa shape index (κ3) is 6.53. The predicted octanol–water partition coefficient (Wildman–Crippen LogP) is 4.08. The van der Waals surface area contributed by atoms with Crippen molar-refractivity contribution in [3.05, 3.63) is 70.2 Å². The van der Waals surface area contributed by atoms with Crippen LogP contribution in [0.5, 0.6) is 11.5 Å². The number of aliphatic imine (C=N–C) groups is 1. The lowest BCUT2D eigenvalue weighted by molar-refractivity contribution is 0.440. The third-order valence-electron chi connectivity index (χ3n) is 3.92. The standard InChI is InChI=1S/C21H24FN5OS/c1-3-24-21(25-10-8-20-26-12-15(2)29-20)27-13-16-6-7-19(18(22)11-16)28-17-5-4-9-23-14-17/h4-7,9,11-12,14H,3,8,10,13H2,1-2H3,(H2,24,25,27). The van der Waals surface area contributed by atoms with Crippen LogP contribution in [-0.2, 0) is 13.0 Å². The number of rotatable bonds is 8. The van der Waals surface area contributed by atoms with Crippen molar-refractivity contribution in [3.8, 4) is 11.5 Å². The molecule has 2 heterocycles. The van der Waals surface area contributed by atoms with E-state index in [2.05, 4.69) is 25.6 Å². The summed E-state index contributed by atoms with van der Waals surface area (Å²) in [5, 5.41) is 7.58. The summed E-state index contributed by atoms with van der Waals surface area (Å²) in [7, 11) is 0. The van der Waals surface area contributed by atoms with E-state index in [1.807, 2.05) is 20.0 Å². The molecular formula is C21H24FN5OS. The smallest absolute Gasteiger partial charge is 0.191 e. The van der Waals surface area contributed by atoms with Gasteiger partial charge in [0.05, 0.1) is 17.7 Å². The van der Waals surface area contributed by atoms with Crippen LogP contribution in [0.4, 0.5) is 4.39 Å². The molecule has 1 aromatic carbocycles. The molecule has 29 heavy (non-hydrogen) atoms. The van der Waals surface area contributed by atoms with E-state index in [-0.39, 0.29) is 5.75 Å². The Morgan fingerprint density at radius 3 is 2.83 bits per heavy atom. The van der Waals surface area contributed by atoms with Crippen LogP contribution in [0.3, 0.4) is 0 Å². The Morgan fingerprint density at radius 2 is 2.14 bits per heavy atom. The zero-order valence-electron chi connectivity index (χ0n) is 16.5. The minimum absolute atomic E-state index is 0.162. The molecule has 0 spiro atoms. The van der Waals surface area contributed by atoms with Gasteiger partial charge in [-0.05, 0) is 43.7 Å². The molecule has 0 saturated carbocycles. The van der Waals surface area contributed by atoms with Crippen LogP contribution in [0.25, 0.3) is 0 Å². The number of aromatic nitrogens is 2. The summed E-state index contributed by atoms with van der Waals surface area (Å²) in [6, 6.07) is 8.32. The summed E-state index contributed by atoms with van der Waals surface area (Å²) >= 11 is 1.70. The lowest BCUT2D eigenvalue weighted by atomic mass is 10.2. The highest BCUT2D eigenvalue weighted by atomic mass is 32.1. The molecule has 6 nitrogen and oxygen atoms in total. The molecule has 0 saturated heterocycles. The first-order chi connectivity index (χ1) is 14.1.